The van der Waals surface area contributed by atoms with E-state index in [1.54, 1.807) is 13.0 Å². The Balaban J connectivity index is 1.62. The van der Waals surface area contributed by atoms with Crippen LogP contribution in [-0.2, 0) is 9.53 Å². The molecule has 0 radical (unpaired) electrons. The third-order valence-electron chi connectivity index (χ3n) is 4.32. The first-order chi connectivity index (χ1) is 11.6. The minimum absolute atomic E-state index is 0.204. The number of ether oxygens (including phenoxy) is 1. The number of hydrazine groups is 1. The summed E-state index contributed by atoms with van der Waals surface area (Å²) < 4.78 is 10.9. The highest BCUT2D eigenvalue weighted by Gasteiger charge is 2.24. The highest BCUT2D eigenvalue weighted by atomic mass is 16.5. The molecule has 1 aromatic heterocycles. The highest BCUT2D eigenvalue weighted by Crippen LogP contribution is 2.24. The second-order valence-electron chi connectivity index (χ2n) is 5.82. The summed E-state index contributed by atoms with van der Waals surface area (Å²) >= 11 is 0. The van der Waals surface area contributed by atoms with Crippen molar-refractivity contribution in [2.75, 3.05) is 26.3 Å². The average molecular weight is 331 g/mol. The number of fused-ring (bicyclic) bond motifs is 1. The Labute approximate surface area is 139 Å². The zero-order chi connectivity index (χ0) is 17.1. The number of benzene rings is 1. The molecule has 3 rings (SSSR count). The maximum atomic E-state index is 12.3. The van der Waals surface area contributed by atoms with Gasteiger partial charge in [0.2, 0.25) is 0 Å². The smallest absolute Gasteiger partial charge is 0.305 e. The van der Waals surface area contributed by atoms with Crippen LogP contribution >= 0.6 is 0 Å². The van der Waals surface area contributed by atoms with E-state index in [1.807, 2.05) is 30.0 Å². The van der Waals surface area contributed by atoms with E-state index in [2.05, 4.69) is 10.9 Å². The Morgan fingerprint density at radius 3 is 2.58 bits per heavy atom. The quantitative estimate of drug-likeness (QED) is 0.826. The van der Waals surface area contributed by atoms with Gasteiger partial charge < -0.3 is 9.15 Å². The summed E-state index contributed by atoms with van der Waals surface area (Å²) in [4.78, 5) is 26.5. The van der Waals surface area contributed by atoms with Gasteiger partial charge in [-0.15, -0.1) is 0 Å². The third kappa shape index (κ3) is 3.27. The molecular formula is C17H21N3O4. The van der Waals surface area contributed by atoms with Crippen LogP contribution in [0.1, 0.15) is 23.0 Å². The molecule has 1 aromatic carbocycles. The molecular weight excluding hydrogens is 310 g/mol. The van der Waals surface area contributed by atoms with E-state index in [1.165, 1.54) is 0 Å². The maximum absolute atomic E-state index is 12.3. The van der Waals surface area contributed by atoms with Gasteiger partial charge in [0.05, 0.1) is 19.3 Å². The van der Waals surface area contributed by atoms with Gasteiger partial charge in [-0.1, -0.05) is 18.2 Å². The predicted octanol–water partition coefficient (Wildman–Crippen LogP) is 1.22. The van der Waals surface area contributed by atoms with Crippen molar-refractivity contribution >= 4 is 22.8 Å². The molecule has 2 aromatic rings. The summed E-state index contributed by atoms with van der Waals surface area (Å²) in [6, 6.07) is 7.09. The molecule has 0 unspecified atom stereocenters. The normalized spacial score (nSPS) is 16.8. The van der Waals surface area contributed by atoms with Crippen LogP contribution < -0.4 is 10.9 Å². The predicted molar refractivity (Wildman–Crippen MR) is 88.4 cm³/mol. The third-order valence-corrected chi connectivity index (χ3v) is 4.32. The summed E-state index contributed by atoms with van der Waals surface area (Å²) in [6.45, 7) is 6.25. The number of carbonyl (C=O) groups excluding carboxylic acids is 2. The van der Waals surface area contributed by atoms with Crippen molar-refractivity contribution in [2.45, 2.75) is 19.9 Å². The van der Waals surface area contributed by atoms with Gasteiger partial charge in [-0.3, -0.25) is 25.3 Å². The van der Waals surface area contributed by atoms with Crippen LogP contribution in [0.2, 0.25) is 0 Å². The summed E-state index contributed by atoms with van der Waals surface area (Å²) in [6.07, 6.45) is 0. The lowest BCUT2D eigenvalue weighted by Gasteiger charge is -2.31. The maximum Gasteiger partial charge on any atom is 0.305 e. The molecule has 7 heteroatoms. The molecule has 1 aliphatic heterocycles. The Kier molecular flexibility index (Phi) is 4.82. The van der Waals surface area contributed by atoms with Crippen molar-refractivity contribution in [1.29, 1.82) is 0 Å². The molecule has 1 aliphatic rings. The van der Waals surface area contributed by atoms with E-state index < -0.39 is 5.91 Å². The van der Waals surface area contributed by atoms with Gasteiger partial charge in [0, 0.05) is 24.0 Å². The highest BCUT2D eigenvalue weighted by molar-refractivity contribution is 5.99. The molecule has 128 valence electrons. The van der Waals surface area contributed by atoms with E-state index in [0.29, 0.717) is 31.9 Å². The molecule has 0 saturated carbocycles. The summed E-state index contributed by atoms with van der Waals surface area (Å²) in [5, 5.41) is 0.885. The van der Waals surface area contributed by atoms with Crippen molar-refractivity contribution in [3.05, 3.63) is 35.6 Å². The number of rotatable bonds is 3. The van der Waals surface area contributed by atoms with Crippen LogP contribution in [0.25, 0.3) is 11.0 Å². The topological polar surface area (TPSA) is 83.8 Å². The lowest BCUT2D eigenvalue weighted by Crippen LogP contribution is -2.53. The van der Waals surface area contributed by atoms with E-state index in [-0.39, 0.29) is 17.7 Å². The number of nitrogens with one attached hydrogen (secondary N) is 2. The first-order valence-corrected chi connectivity index (χ1v) is 7.98. The molecule has 2 amide bonds. The number of nitrogens with zero attached hydrogens (tertiary/aromatic N) is 1. The minimum Gasteiger partial charge on any atom is -0.451 e. The molecule has 1 saturated heterocycles. The molecule has 0 spiro atoms. The van der Waals surface area contributed by atoms with E-state index in [9.17, 15) is 9.59 Å². The van der Waals surface area contributed by atoms with Crippen molar-refractivity contribution in [2.24, 2.45) is 0 Å². The van der Waals surface area contributed by atoms with Crippen molar-refractivity contribution in [3.8, 4) is 0 Å². The molecule has 0 bridgehead atoms. The molecule has 2 N–H and O–H groups in total. The van der Waals surface area contributed by atoms with E-state index in [0.717, 1.165) is 10.9 Å². The lowest BCUT2D eigenvalue weighted by atomic mass is 10.1. The summed E-state index contributed by atoms with van der Waals surface area (Å²) in [5.74, 6) is -0.527. The average Bonchev–Trinajstić information content (AvgIpc) is 2.96. The fourth-order valence-corrected chi connectivity index (χ4v) is 2.80. The van der Waals surface area contributed by atoms with Crippen molar-refractivity contribution < 1.29 is 18.7 Å². The van der Waals surface area contributed by atoms with Crippen LogP contribution in [0.3, 0.4) is 0 Å². The first kappa shape index (κ1) is 16.5. The van der Waals surface area contributed by atoms with Gasteiger partial charge in [0.1, 0.15) is 5.58 Å². The van der Waals surface area contributed by atoms with Gasteiger partial charge in [-0.2, -0.15) is 0 Å². The number of furan rings is 1. The van der Waals surface area contributed by atoms with E-state index >= 15 is 0 Å². The first-order valence-electron chi connectivity index (χ1n) is 7.98. The fraction of sp³-hybridized carbons (Fsp3) is 0.412. The van der Waals surface area contributed by atoms with Gasteiger partial charge in [0.15, 0.2) is 5.76 Å². The monoisotopic (exact) mass is 331 g/mol. The van der Waals surface area contributed by atoms with Crippen LogP contribution in [0.15, 0.2) is 28.7 Å². The zero-order valence-electron chi connectivity index (χ0n) is 13.8. The number of morpholine rings is 1. The Morgan fingerprint density at radius 2 is 1.88 bits per heavy atom. The standard InChI is InChI=1S/C17H21N3O4/c1-11-13-5-3-4-6-14(13)24-15(11)17(22)19-18-16(21)12(2)20-7-9-23-10-8-20/h3-6,12H,7-10H2,1-2H3,(H,18,21)(H,19,22)/t12-/m1/s1. The molecule has 2 heterocycles. The second-order valence-corrected chi connectivity index (χ2v) is 5.82. The number of aryl methyl sites for hydroxylation is 1. The lowest BCUT2D eigenvalue weighted by molar-refractivity contribution is -0.128. The molecule has 7 nitrogen and oxygen atoms in total. The van der Waals surface area contributed by atoms with Crippen molar-refractivity contribution in [3.63, 3.8) is 0 Å². The summed E-state index contributed by atoms with van der Waals surface area (Å²) in [7, 11) is 0. The van der Waals surface area contributed by atoms with Gasteiger partial charge >= 0.3 is 5.91 Å². The van der Waals surface area contributed by atoms with E-state index in [4.69, 9.17) is 9.15 Å². The molecule has 24 heavy (non-hydrogen) atoms. The minimum atomic E-state index is -0.466. The van der Waals surface area contributed by atoms with Crippen molar-refractivity contribution in [1.82, 2.24) is 15.8 Å². The van der Waals surface area contributed by atoms with Gasteiger partial charge in [-0.25, -0.2) is 0 Å². The SMILES string of the molecule is Cc1c(C(=O)NNC(=O)[C@@H](C)N2CCOCC2)oc2ccccc12. The molecule has 0 aliphatic carbocycles. The number of hydrogen-bond acceptors (Lipinski definition) is 5. The van der Waals surface area contributed by atoms with Gasteiger partial charge in [-0.05, 0) is 19.9 Å². The van der Waals surface area contributed by atoms with Gasteiger partial charge in [0.25, 0.3) is 5.91 Å². The second kappa shape index (κ2) is 7.02. The van der Waals surface area contributed by atoms with Crippen LogP contribution in [-0.4, -0.2) is 49.1 Å². The van der Waals surface area contributed by atoms with Crippen LogP contribution in [0, 0.1) is 6.92 Å². The number of hydrogen-bond donors (Lipinski definition) is 2. The zero-order valence-corrected chi connectivity index (χ0v) is 13.8. The Bertz CT molecular complexity index is 749. The Morgan fingerprint density at radius 1 is 1.17 bits per heavy atom. The number of carbonyl (C=O) groups is 2. The molecule has 1 atom stereocenters. The number of amides is 2. The van der Waals surface area contributed by atoms with Crippen LogP contribution in [0.4, 0.5) is 0 Å². The number of para-hydroxylation sites is 1. The fourth-order valence-electron chi connectivity index (χ4n) is 2.80. The van der Waals surface area contributed by atoms with Crippen LogP contribution in [0.5, 0.6) is 0 Å². The Hall–Kier alpha value is -2.38. The summed E-state index contributed by atoms with van der Waals surface area (Å²) in [5.41, 5.74) is 6.29. The largest absolute Gasteiger partial charge is 0.451 e. The molecule has 1 fully saturated rings.